The molecular formula is C24H25N5O. The first-order chi connectivity index (χ1) is 14.7. The van der Waals surface area contributed by atoms with Gasteiger partial charge in [0.1, 0.15) is 11.4 Å². The number of aromatic amines is 1. The fraction of sp³-hybridized carbons (Fsp3) is 0.292. The molecule has 0 unspecified atom stereocenters. The Morgan fingerprint density at radius 1 is 1.03 bits per heavy atom. The molecule has 3 aromatic heterocycles. The van der Waals surface area contributed by atoms with Crippen LogP contribution < -0.4 is 10.5 Å². The Morgan fingerprint density at radius 3 is 2.57 bits per heavy atom. The molecule has 6 heteroatoms. The Balaban J connectivity index is 1.71. The molecule has 152 valence electrons. The van der Waals surface area contributed by atoms with Gasteiger partial charge in [-0.1, -0.05) is 36.4 Å². The van der Waals surface area contributed by atoms with E-state index in [2.05, 4.69) is 27.0 Å². The maximum Gasteiger partial charge on any atom is 0.278 e. The smallest absolute Gasteiger partial charge is 0.278 e. The molecule has 6 nitrogen and oxygen atoms in total. The van der Waals surface area contributed by atoms with Gasteiger partial charge in [0.15, 0.2) is 5.65 Å². The van der Waals surface area contributed by atoms with Gasteiger partial charge in [0.25, 0.3) is 5.56 Å². The predicted octanol–water partition coefficient (Wildman–Crippen LogP) is 3.97. The molecule has 1 aliphatic rings. The minimum Gasteiger partial charge on any atom is -0.367 e. The molecular weight excluding hydrogens is 374 g/mol. The fourth-order valence-electron chi connectivity index (χ4n) is 4.33. The summed E-state index contributed by atoms with van der Waals surface area (Å²) in [6.07, 6.45) is 7.66. The first-order valence-electron chi connectivity index (χ1n) is 10.6. The van der Waals surface area contributed by atoms with Crippen molar-refractivity contribution in [2.45, 2.75) is 32.6 Å². The van der Waals surface area contributed by atoms with E-state index in [0.717, 1.165) is 65.3 Å². The van der Waals surface area contributed by atoms with Gasteiger partial charge < -0.3 is 9.88 Å². The summed E-state index contributed by atoms with van der Waals surface area (Å²) in [4.78, 5) is 23.5. The third-order valence-electron chi connectivity index (χ3n) is 5.89. The van der Waals surface area contributed by atoms with Crippen molar-refractivity contribution in [1.82, 2.24) is 19.6 Å². The molecule has 0 atom stereocenters. The van der Waals surface area contributed by atoms with Gasteiger partial charge >= 0.3 is 0 Å². The van der Waals surface area contributed by atoms with Crippen molar-refractivity contribution >= 4 is 11.3 Å². The quantitative estimate of drug-likeness (QED) is 0.564. The standard InChI is InChI=1S/C24H25N5O/c1-17-20(15-18-9-8-12-25-16-18)24(30)29-23(26-17)22(28-13-6-3-7-14-28)21(27-29)19-10-4-2-5-11-19/h2,4-5,8-12,16,26H,3,6-7,13-15H2,1H3. The van der Waals surface area contributed by atoms with Crippen molar-refractivity contribution in [3.05, 3.63) is 82.0 Å². The van der Waals surface area contributed by atoms with E-state index >= 15 is 0 Å². The van der Waals surface area contributed by atoms with Gasteiger partial charge in [-0.15, -0.1) is 0 Å². The van der Waals surface area contributed by atoms with Crippen molar-refractivity contribution in [3.8, 4) is 11.3 Å². The van der Waals surface area contributed by atoms with Gasteiger partial charge in [-0.25, -0.2) is 0 Å². The lowest BCUT2D eigenvalue weighted by Crippen LogP contribution is -2.30. The van der Waals surface area contributed by atoms with Gasteiger partial charge in [0.2, 0.25) is 0 Å². The minimum atomic E-state index is -0.0643. The number of rotatable bonds is 4. The molecule has 0 amide bonds. The summed E-state index contributed by atoms with van der Waals surface area (Å²) in [5.74, 6) is 0. The molecule has 1 fully saturated rings. The average Bonchev–Trinajstić information content (AvgIpc) is 3.18. The van der Waals surface area contributed by atoms with Crippen LogP contribution in [0.5, 0.6) is 0 Å². The van der Waals surface area contributed by atoms with Crippen LogP contribution in [0.3, 0.4) is 0 Å². The summed E-state index contributed by atoms with van der Waals surface area (Å²) >= 11 is 0. The van der Waals surface area contributed by atoms with Crippen LogP contribution in [0.25, 0.3) is 16.9 Å². The van der Waals surface area contributed by atoms with Gasteiger partial charge in [0.05, 0.1) is 0 Å². The highest BCUT2D eigenvalue weighted by molar-refractivity contribution is 5.86. The molecule has 30 heavy (non-hydrogen) atoms. The van der Waals surface area contributed by atoms with E-state index in [-0.39, 0.29) is 5.56 Å². The highest BCUT2D eigenvalue weighted by atomic mass is 16.1. The van der Waals surface area contributed by atoms with Crippen LogP contribution in [-0.4, -0.2) is 32.7 Å². The van der Waals surface area contributed by atoms with E-state index < -0.39 is 0 Å². The van der Waals surface area contributed by atoms with Gasteiger partial charge in [-0.3, -0.25) is 9.78 Å². The van der Waals surface area contributed by atoms with Gasteiger partial charge in [0, 0.05) is 48.7 Å². The number of nitrogens with one attached hydrogen (secondary N) is 1. The topological polar surface area (TPSA) is 66.3 Å². The second-order valence-electron chi connectivity index (χ2n) is 7.94. The van der Waals surface area contributed by atoms with Crippen LogP contribution in [0.4, 0.5) is 5.69 Å². The van der Waals surface area contributed by atoms with Crippen LogP contribution in [0.15, 0.2) is 59.7 Å². The van der Waals surface area contributed by atoms with Crippen molar-refractivity contribution < 1.29 is 0 Å². The number of aromatic nitrogens is 4. The second-order valence-corrected chi connectivity index (χ2v) is 7.94. The maximum absolute atomic E-state index is 13.5. The zero-order chi connectivity index (χ0) is 20.5. The summed E-state index contributed by atoms with van der Waals surface area (Å²) in [5, 5.41) is 4.82. The van der Waals surface area contributed by atoms with Crippen molar-refractivity contribution in [3.63, 3.8) is 0 Å². The number of H-pyrrole nitrogens is 1. The number of aryl methyl sites for hydroxylation is 1. The molecule has 4 aromatic rings. The van der Waals surface area contributed by atoms with Crippen molar-refractivity contribution in [2.75, 3.05) is 18.0 Å². The van der Waals surface area contributed by atoms with Crippen LogP contribution in [0, 0.1) is 6.92 Å². The summed E-state index contributed by atoms with van der Waals surface area (Å²) in [5.41, 5.74) is 6.27. The second kappa shape index (κ2) is 7.78. The number of benzene rings is 1. The van der Waals surface area contributed by atoms with Crippen LogP contribution in [0.1, 0.15) is 36.1 Å². The van der Waals surface area contributed by atoms with Crippen molar-refractivity contribution in [1.29, 1.82) is 0 Å². The van der Waals surface area contributed by atoms with E-state index in [1.807, 2.05) is 37.3 Å². The van der Waals surface area contributed by atoms with Gasteiger partial charge in [-0.05, 0) is 37.8 Å². The van der Waals surface area contributed by atoms with E-state index in [1.54, 1.807) is 16.9 Å². The summed E-state index contributed by atoms with van der Waals surface area (Å²) < 4.78 is 1.56. The summed E-state index contributed by atoms with van der Waals surface area (Å²) in [7, 11) is 0. The lowest BCUT2D eigenvalue weighted by atomic mass is 10.1. The molecule has 4 heterocycles. The highest BCUT2D eigenvalue weighted by Gasteiger charge is 2.25. The zero-order valence-electron chi connectivity index (χ0n) is 17.1. The first kappa shape index (κ1) is 18.6. The Bertz CT molecular complexity index is 1220. The maximum atomic E-state index is 13.5. The third kappa shape index (κ3) is 3.28. The molecule has 0 bridgehead atoms. The Hall–Kier alpha value is -3.41. The Labute approximate surface area is 175 Å². The number of nitrogens with zero attached hydrogens (tertiary/aromatic N) is 4. The average molecular weight is 399 g/mol. The molecule has 1 N–H and O–H groups in total. The number of hydrogen-bond acceptors (Lipinski definition) is 4. The zero-order valence-corrected chi connectivity index (χ0v) is 17.1. The van der Waals surface area contributed by atoms with E-state index in [0.29, 0.717) is 6.42 Å². The Morgan fingerprint density at radius 2 is 1.83 bits per heavy atom. The third-order valence-corrected chi connectivity index (χ3v) is 5.89. The molecule has 1 aliphatic heterocycles. The number of pyridine rings is 1. The minimum absolute atomic E-state index is 0.0643. The van der Waals surface area contributed by atoms with E-state index in [1.165, 1.54) is 6.42 Å². The Kier molecular flexibility index (Phi) is 4.83. The molecule has 0 spiro atoms. The van der Waals surface area contributed by atoms with Gasteiger partial charge in [-0.2, -0.15) is 9.61 Å². The molecule has 5 rings (SSSR count). The molecule has 0 radical (unpaired) electrons. The number of anilines is 1. The van der Waals surface area contributed by atoms with Crippen LogP contribution in [0.2, 0.25) is 0 Å². The largest absolute Gasteiger partial charge is 0.367 e. The van der Waals surface area contributed by atoms with Crippen LogP contribution in [-0.2, 0) is 6.42 Å². The number of hydrogen-bond donors (Lipinski definition) is 1. The lowest BCUT2D eigenvalue weighted by Gasteiger charge is -2.28. The van der Waals surface area contributed by atoms with Crippen LogP contribution >= 0.6 is 0 Å². The first-order valence-corrected chi connectivity index (χ1v) is 10.6. The predicted molar refractivity (Wildman–Crippen MR) is 119 cm³/mol. The monoisotopic (exact) mass is 399 g/mol. The summed E-state index contributed by atoms with van der Waals surface area (Å²) in [6.45, 7) is 3.95. The number of piperidine rings is 1. The fourth-order valence-corrected chi connectivity index (χ4v) is 4.33. The lowest BCUT2D eigenvalue weighted by molar-refractivity contribution is 0.579. The molecule has 0 aliphatic carbocycles. The molecule has 0 saturated carbocycles. The number of fused-ring (bicyclic) bond motifs is 1. The molecule has 1 saturated heterocycles. The SMILES string of the molecule is Cc1[nH]c2c(N3CCCCC3)c(-c3ccccc3)nn2c(=O)c1Cc1cccnc1. The van der Waals surface area contributed by atoms with E-state index in [9.17, 15) is 4.79 Å². The molecule has 1 aromatic carbocycles. The highest BCUT2D eigenvalue weighted by Crippen LogP contribution is 2.34. The van der Waals surface area contributed by atoms with E-state index in [4.69, 9.17) is 5.10 Å². The summed E-state index contributed by atoms with van der Waals surface area (Å²) in [6, 6.07) is 14.0. The normalized spacial score (nSPS) is 14.4. The van der Waals surface area contributed by atoms with Crippen molar-refractivity contribution in [2.24, 2.45) is 0 Å².